The number of amides is 2. The minimum atomic E-state index is -0.214. The van der Waals surface area contributed by atoms with Crippen LogP contribution in [-0.2, 0) is 11.2 Å². The predicted octanol–water partition coefficient (Wildman–Crippen LogP) is 4.62. The van der Waals surface area contributed by atoms with E-state index in [-0.39, 0.29) is 30.4 Å². The normalized spacial score (nSPS) is 18.6. The van der Waals surface area contributed by atoms with Gasteiger partial charge in [-0.1, -0.05) is 36.0 Å². The fourth-order valence-electron chi connectivity index (χ4n) is 5.18. The highest BCUT2D eigenvalue weighted by atomic mass is 32.2. The number of piperazine rings is 1. The molecule has 2 aliphatic rings. The highest BCUT2D eigenvalue weighted by Crippen LogP contribution is 2.38. The molecule has 4 heterocycles. The number of methoxy groups -OCH3 is 1. The van der Waals surface area contributed by atoms with Gasteiger partial charge in [0.1, 0.15) is 18.0 Å². The summed E-state index contributed by atoms with van der Waals surface area (Å²) < 4.78 is 7.36. The second-order valence-corrected chi connectivity index (χ2v) is 11.5. The van der Waals surface area contributed by atoms with Crippen molar-refractivity contribution in [3.8, 4) is 11.8 Å². The molecule has 2 amide bonds. The van der Waals surface area contributed by atoms with Gasteiger partial charge in [0, 0.05) is 35.3 Å². The van der Waals surface area contributed by atoms with Gasteiger partial charge in [0.2, 0.25) is 5.91 Å². The van der Waals surface area contributed by atoms with Crippen molar-refractivity contribution < 1.29 is 14.3 Å². The van der Waals surface area contributed by atoms with Gasteiger partial charge in [-0.3, -0.25) is 9.59 Å². The average Bonchev–Trinajstić information content (AvgIpc) is 3.72. The van der Waals surface area contributed by atoms with Crippen LogP contribution in [0.25, 0.3) is 0 Å². The SMILES string of the molecule is COc1cccc(N2CC(Cc3cccs3)N(C(=O)c3cnc4n3[C@@H](c3ccc(C#N)cc3)CS4)CC2=O)c1. The van der Waals surface area contributed by atoms with E-state index in [0.717, 1.165) is 27.0 Å². The predicted molar refractivity (Wildman–Crippen MR) is 150 cm³/mol. The molecule has 1 unspecified atom stereocenters. The standard InChI is InChI=1S/C29H25N5O3S2/c1-37-23-5-2-4-21(12-23)32-16-22(13-24-6-3-11-38-24)33(17-27(32)35)28(36)25-15-31-29-34(25)26(18-39-29)20-9-7-19(14-30)8-10-20/h2-12,15,22,26H,13,16-18H2,1H3/t22?,26-/m1/s1. The van der Waals surface area contributed by atoms with Gasteiger partial charge in [-0.25, -0.2) is 4.98 Å². The van der Waals surface area contributed by atoms with Crippen LogP contribution in [-0.4, -0.2) is 58.3 Å². The molecule has 2 aliphatic heterocycles. The number of carbonyl (C=O) groups is 2. The third-order valence-electron chi connectivity index (χ3n) is 7.17. The van der Waals surface area contributed by atoms with Gasteiger partial charge in [-0.15, -0.1) is 11.3 Å². The first-order chi connectivity index (χ1) is 19.1. The third kappa shape index (κ3) is 4.80. The first-order valence-corrected chi connectivity index (χ1v) is 14.4. The van der Waals surface area contributed by atoms with E-state index in [1.807, 2.05) is 52.4 Å². The third-order valence-corrected chi connectivity index (χ3v) is 9.11. The van der Waals surface area contributed by atoms with Crippen molar-refractivity contribution in [1.82, 2.24) is 14.5 Å². The van der Waals surface area contributed by atoms with Crippen molar-refractivity contribution in [2.24, 2.45) is 0 Å². The summed E-state index contributed by atoms with van der Waals surface area (Å²) in [6.07, 6.45) is 2.27. The lowest BCUT2D eigenvalue weighted by atomic mass is 10.0. The van der Waals surface area contributed by atoms with Gasteiger partial charge < -0.3 is 19.1 Å². The molecule has 0 N–H and O–H groups in total. The Labute approximate surface area is 234 Å². The summed E-state index contributed by atoms with van der Waals surface area (Å²) in [5, 5.41) is 12.0. The second-order valence-electron chi connectivity index (χ2n) is 9.43. The monoisotopic (exact) mass is 555 g/mol. The Morgan fingerprint density at radius 1 is 1.18 bits per heavy atom. The van der Waals surface area contributed by atoms with Crippen LogP contribution >= 0.6 is 23.1 Å². The summed E-state index contributed by atoms with van der Waals surface area (Å²) in [5.74, 6) is 1.08. The number of aromatic nitrogens is 2. The number of thioether (sulfide) groups is 1. The van der Waals surface area contributed by atoms with Crippen molar-refractivity contribution in [3.63, 3.8) is 0 Å². The molecular formula is C29H25N5O3S2. The summed E-state index contributed by atoms with van der Waals surface area (Å²) in [6.45, 7) is 0.353. The van der Waals surface area contributed by atoms with Crippen molar-refractivity contribution in [2.45, 2.75) is 23.7 Å². The largest absolute Gasteiger partial charge is 0.497 e. The number of hydrogen-bond donors (Lipinski definition) is 0. The van der Waals surface area contributed by atoms with E-state index < -0.39 is 0 Å². The topological polar surface area (TPSA) is 91.5 Å². The Bertz CT molecular complexity index is 1560. The van der Waals surface area contributed by atoms with E-state index in [1.54, 1.807) is 58.3 Å². The molecule has 8 nitrogen and oxygen atoms in total. The maximum Gasteiger partial charge on any atom is 0.272 e. The van der Waals surface area contributed by atoms with Crippen molar-refractivity contribution in [2.75, 3.05) is 30.9 Å². The number of nitrogens with zero attached hydrogens (tertiary/aromatic N) is 5. The molecule has 6 rings (SSSR count). The van der Waals surface area contributed by atoms with E-state index in [9.17, 15) is 14.9 Å². The van der Waals surface area contributed by atoms with Crippen LogP contribution in [0.15, 0.2) is 77.4 Å². The molecule has 196 valence electrons. The zero-order valence-corrected chi connectivity index (χ0v) is 22.8. The number of hydrogen-bond acceptors (Lipinski definition) is 7. The molecule has 2 aromatic heterocycles. The van der Waals surface area contributed by atoms with Crippen LogP contribution in [0.4, 0.5) is 5.69 Å². The van der Waals surface area contributed by atoms with Crippen LogP contribution in [0.3, 0.4) is 0 Å². The molecule has 1 fully saturated rings. The molecule has 0 saturated carbocycles. The van der Waals surface area contributed by atoms with Crippen molar-refractivity contribution in [1.29, 1.82) is 5.26 Å². The van der Waals surface area contributed by atoms with E-state index in [4.69, 9.17) is 4.74 Å². The Kier molecular flexibility index (Phi) is 6.85. The van der Waals surface area contributed by atoms with Crippen LogP contribution in [0.2, 0.25) is 0 Å². The minimum Gasteiger partial charge on any atom is -0.497 e. The summed E-state index contributed by atoms with van der Waals surface area (Å²) in [6, 6.07) is 20.8. The van der Waals surface area contributed by atoms with Crippen LogP contribution in [0, 0.1) is 11.3 Å². The molecule has 1 saturated heterocycles. The van der Waals surface area contributed by atoms with Gasteiger partial charge in [0.15, 0.2) is 5.16 Å². The van der Waals surface area contributed by atoms with Gasteiger partial charge in [0.05, 0.1) is 37.0 Å². The number of ether oxygens (including phenoxy) is 1. The number of imidazole rings is 1. The highest BCUT2D eigenvalue weighted by Gasteiger charge is 2.39. The molecule has 10 heteroatoms. The molecule has 0 bridgehead atoms. The summed E-state index contributed by atoms with van der Waals surface area (Å²) in [4.78, 5) is 36.8. The van der Waals surface area contributed by atoms with Gasteiger partial charge in [0.25, 0.3) is 5.91 Å². The molecule has 0 radical (unpaired) electrons. The van der Waals surface area contributed by atoms with Crippen LogP contribution in [0.5, 0.6) is 5.75 Å². The maximum absolute atomic E-state index is 14.2. The number of thiophene rings is 1. The van der Waals surface area contributed by atoms with E-state index in [0.29, 0.717) is 30.0 Å². The molecule has 0 spiro atoms. The quantitative estimate of drug-likeness (QED) is 0.345. The van der Waals surface area contributed by atoms with E-state index in [1.165, 1.54) is 0 Å². The first kappa shape index (κ1) is 25.2. The minimum absolute atomic E-state index is 0.0265. The molecule has 0 aliphatic carbocycles. The summed E-state index contributed by atoms with van der Waals surface area (Å²) >= 11 is 3.25. The van der Waals surface area contributed by atoms with Gasteiger partial charge >= 0.3 is 0 Å². The highest BCUT2D eigenvalue weighted by molar-refractivity contribution is 7.99. The Balaban J connectivity index is 1.32. The lowest BCUT2D eigenvalue weighted by Crippen LogP contribution is -2.59. The number of benzene rings is 2. The van der Waals surface area contributed by atoms with Gasteiger partial charge in [-0.2, -0.15) is 5.26 Å². The molecule has 39 heavy (non-hydrogen) atoms. The van der Waals surface area contributed by atoms with E-state index in [2.05, 4.69) is 17.1 Å². The number of carbonyl (C=O) groups excluding carboxylic acids is 2. The van der Waals surface area contributed by atoms with Crippen LogP contribution < -0.4 is 9.64 Å². The fourth-order valence-corrected chi connectivity index (χ4v) is 7.10. The average molecular weight is 556 g/mol. The molecule has 4 aromatic rings. The first-order valence-electron chi connectivity index (χ1n) is 12.5. The molecular weight excluding hydrogens is 530 g/mol. The smallest absolute Gasteiger partial charge is 0.272 e. The second kappa shape index (κ2) is 10.6. The Morgan fingerprint density at radius 2 is 2.03 bits per heavy atom. The number of anilines is 1. The Morgan fingerprint density at radius 3 is 2.77 bits per heavy atom. The van der Waals surface area contributed by atoms with Crippen LogP contribution in [0.1, 0.15) is 32.5 Å². The maximum atomic E-state index is 14.2. The van der Waals surface area contributed by atoms with Gasteiger partial charge in [-0.05, 0) is 41.3 Å². The summed E-state index contributed by atoms with van der Waals surface area (Å²) in [5.41, 5.74) is 2.84. The van der Waals surface area contributed by atoms with E-state index >= 15 is 0 Å². The Hall–Kier alpha value is -4.07. The lowest BCUT2D eigenvalue weighted by molar-refractivity contribution is -0.121. The zero-order chi connectivity index (χ0) is 26.9. The number of fused-ring (bicyclic) bond motifs is 1. The fraction of sp³-hybridized carbons (Fsp3) is 0.241. The molecule has 2 atom stereocenters. The summed E-state index contributed by atoms with van der Waals surface area (Å²) in [7, 11) is 1.60. The number of nitriles is 1. The molecule has 2 aromatic carbocycles. The zero-order valence-electron chi connectivity index (χ0n) is 21.2. The van der Waals surface area contributed by atoms with Crippen molar-refractivity contribution in [3.05, 3.63) is 93.9 Å². The van der Waals surface area contributed by atoms with Crippen molar-refractivity contribution >= 4 is 40.6 Å². The number of rotatable bonds is 6. The lowest BCUT2D eigenvalue weighted by Gasteiger charge is -2.41.